The largest absolute Gasteiger partial charge is 0.497 e. The van der Waals surface area contributed by atoms with Crippen molar-refractivity contribution in [1.82, 2.24) is 29.6 Å². The fourth-order valence-electron chi connectivity index (χ4n) is 4.43. The molecular formula is C25H29N7OS. The third-order valence-electron chi connectivity index (χ3n) is 6.31. The smallest absolute Gasteiger partial charge is 0.196 e. The molecule has 0 radical (unpaired) electrons. The van der Waals surface area contributed by atoms with Crippen LogP contribution < -0.4 is 10.5 Å². The Balaban J connectivity index is 1.47. The lowest BCUT2D eigenvalue weighted by atomic mass is 10.1. The molecule has 4 aromatic rings. The predicted octanol–water partition coefficient (Wildman–Crippen LogP) is 4.64. The fraction of sp³-hybridized carbons (Fsp3) is 0.360. The number of ether oxygens (including phenoxy) is 1. The number of nitrogen functional groups attached to an aromatic ring is 1. The Morgan fingerprint density at radius 1 is 1.00 bits per heavy atom. The van der Waals surface area contributed by atoms with E-state index >= 15 is 0 Å². The number of fused-ring (bicyclic) bond motifs is 1. The van der Waals surface area contributed by atoms with Crippen molar-refractivity contribution in [3.8, 4) is 11.4 Å². The molecule has 5 rings (SSSR count). The van der Waals surface area contributed by atoms with E-state index in [-0.39, 0.29) is 6.04 Å². The minimum Gasteiger partial charge on any atom is -0.497 e. The second-order valence-corrected chi connectivity index (χ2v) is 9.42. The van der Waals surface area contributed by atoms with E-state index in [1.54, 1.807) is 18.9 Å². The molecule has 1 aliphatic heterocycles. The van der Waals surface area contributed by atoms with Crippen molar-refractivity contribution >= 4 is 28.5 Å². The second kappa shape index (κ2) is 9.99. The van der Waals surface area contributed by atoms with E-state index in [1.165, 1.54) is 19.3 Å². The zero-order valence-corrected chi connectivity index (χ0v) is 20.3. The number of hydrogen-bond donors (Lipinski definition) is 1. The summed E-state index contributed by atoms with van der Waals surface area (Å²) in [5.41, 5.74) is 8.04. The van der Waals surface area contributed by atoms with E-state index in [9.17, 15) is 0 Å². The quantitative estimate of drug-likeness (QED) is 0.386. The summed E-state index contributed by atoms with van der Waals surface area (Å²) in [6.07, 6.45) is 3.75. The van der Waals surface area contributed by atoms with E-state index in [2.05, 4.69) is 31.6 Å². The van der Waals surface area contributed by atoms with Gasteiger partial charge in [0.25, 0.3) is 0 Å². The lowest BCUT2D eigenvalue weighted by molar-refractivity contribution is 0.167. The highest BCUT2D eigenvalue weighted by Gasteiger charge is 2.25. The number of nitrogens with zero attached hydrogens (tertiary/aromatic N) is 6. The topological polar surface area (TPSA) is 95.0 Å². The van der Waals surface area contributed by atoms with Crippen molar-refractivity contribution in [1.29, 1.82) is 0 Å². The van der Waals surface area contributed by atoms with Gasteiger partial charge in [-0.25, -0.2) is 9.97 Å². The summed E-state index contributed by atoms with van der Waals surface area (Å²) in [4.78, 5) is 11.7. The zero-order valence-electron chi connectivity index (χ0n) is 19.5. The molecule has 2 N–H and O–H groups in total. The van der Waals surface area contributed by atoms with E-state index in [0.29, 0.717) is 17.4 Å². The molecule has 0 amide bonds. The molecule has 3 heterocycles. The first-order valence-corrected chi connectivity index (χ1v) is 12.6. The standard InChI is InChI=1S/C25H29N7OS/c1-17(31-14-6-3-7-15-31)24-29-30-25(32(24)18-10-12-19(33-2)13-11-18)34-16-22-27-21-9-5-4-8-20(21)23(26)28-22/h4-5,8-13,17H,3,6-7,14-16H2,1-2H3,(H2,26,27,28)/t17-/m1/s1. The summed E-state index contributed by atoms with van der Waals surface area (Å²) in [6.45, 7) is 4.39. The third kappa shape index (κ3) is 4.58. The van der Waals surface area contributed by atoms with Gasteiger partial charge in [0.05, 0.1) is 24.4 Å². The summed E-state index contributed by atoms with van der Waals surface area (Å²) < 4.78 is 7.51. The Labute approximate surface area is 203 Å². The van der Waals surface area contributed by atoms with Crippen molar-refractivity contribution in [2.75, 3.05) is 25.9 Å². The minimum absolute atomic E-state index is 0.164. The number of para-hydroxylation sites is 1. The Hall–Kier alpha value is -3.17. The van der Waals surface area contributed by atoms with Crippen LogP contribution in [0.4, 0.5) is 5.82 Å². The van der Waals surface area contributed by atoms with E-state index in [4.69, 9.17) is 15.5 Å². The van der Waals surface area contributed by atoms with E-state index in [0.717, 1.165) is 46.4 Å². The summed E-state index contributed by atoms with van der Waals surface area (Å²) in [5, 5.41) is 10.9. The molecule has 1 saturated heterocycles. The van der Waals surface area contributed by atoms with Gasteiger partial charge in [0.15, 0.2) is 11.0 Å². The number of aromatic nitrogens is 5. The first kappa shape index (κ1) is 22.6. The molecule has 2 aromatic heterocycles. The summed E-state index contributed by atoms with van der Waals surface area (Å²) in [6, 6.07) is 16.0. The molecule has 9 heteroatoms. The van der Waals surface area contributed by atoms with Gasteiger partial charge in [-0.2, -0.15) is 0 Å². The number of anilines is 1. The Morgan fingerprint density at radius 2 is 1.76 bits per heavy atom. The van der Waals surface area contributed by atoms with Gasteiger partial charge in [-0.05, 0) is 69.3 Å². The van der Waals surface area contributed by atoms with Crippen LogP contribution in [-0.2, 0) is 5.75 Å². The van der Waals surface area contributed by atoms with Crippen molar-refractivity contribution < 1.29 is 4.74 Å². The fourth-order valence-corrected chi connectivity index (χ4v) is 5.25. The van der Waals surface area contributed by atoms with Crippen LogP contribution in [0.25, 0.3) is 16.6 Å². The van der Waals surface area contributed by atoms with Crippen LogP contribution >= 0.6 is 11.8 Å². The number of likely N-dealkylation sites (tertiary alicyclic amines) is 1. The van der Waals surface area contributed by atoms with Crippen LogP contribution in [-0.4, -0.2) is 49.8 Å². The molecule has 1 aliphatic rings. The maximum Gasteiger partial charge on any atom is 0.196 e. The van der Waals surface area contributed by atoms with Crippen LogP contribution in [0.15, 0.2) is 53.7 Å². The molecule has 34 heavy (non-hydrogen) atoms. The molecule has 8 nitrogen and oxygen atoms in total. The monoisotopic (exact) mass is 475 g/mol. The second-order valence-electron chi connectivity index (χ2n) is 8.48. The molecule has 1 atom stereocenters. The molecule has 0 bridgehead atoms. The third-order valence-corrected chi connectivity index (χ3v) is 7.24. The van der Waals surface area contributed by atoms with Crippen LogP contribution in [0, 0.1) is 0 Å². The zero-order chi connectivity index (χ0) is 23.5. The van der Waals surface area contributed by atoms with Crippen molar-refractivity contribution in [2.45, 2.75) is 43.1 Å². The molecule has 0 unspecified atom stereocenters. The van der Waals surface area contributed by atoms with Crippen molar-refractivity contribution in [2.24, 2.45) is 0 Å². The maximum absolute atomic E-state index is 6.19. The highest BCUT2D eigenvalue weighted by Crippen LogP contribution is 2.31. The van der Waals surface area contributed by atoms with Crippen LogP contribution in [0.2, 0.25) is 0 Å². The lowest BCUT2D eigenvalue weighted by Crippen LogP contribution is -2.33. The lowest BCUT2D eigenvalue weighted by Gasteiger charge is -2.31. The molecule has 0 spiro atoms. The predicted molar refractivity (Wildman–Crippen MR) is 135 cm³/mol. The minimum atomic E-state index is 0.164. The average Bonchev–Trinajstić information content (AvgIpc) is 3.31. The number of nitrogens with two attached hydrogens (primary N) is 1. The van der Waals surface area contributed by atoms with Crippen molar-refractivity contribution in [3.63, 3.8) is 0 Å². The normalized spacial score (nSPS) is 15.5. The highest BCUT2D eigenvalue weighted by atomic mass is 32.2. The number of benzene rings is 2. The van der Waals surface area contributed by atoms with Gasteiger partial charge in [-0.3, -0.25) is 9.47 Å². The van der Waals surface area contributed by atoms with Crippen LogP contribution in [0.3, 0.4) is 0 Å². The molecule has 0 saturated carbocycles. The van der Waals surface area contributed by atoms with Gasteiger partial charge in [-0.15, -0.1) is 10.2 Å². The number of hydrogen-bond acceptors (Lipinski definition) is 8. The Bertz CT molecular complexity index is 1270. The first-order chi connectivity index (χ1) is 16.6. The van der Waals surface area contributed by atoms with Gasteiger partial charge < -0.3 is 10.5 Å². The number of methoxy groups -OCH3 is 1. The van der Waals surface area contributed by atoms with Crippen LogP contribution in [0.1, 0.15) is 43.9 Å². The van der Waals surface area contributed by atoms with Gasteiger partial charge in [0.2, 0.25) is 0 Å². The summed E-state index contributed by atoms with van der Waals surface area (Å²) in [7, 11) is 1.67. The number of thioether (sulfide) groups is 1. The van der Waals surface area contributed by atoms with Gasteiger partial charge >= 0.3 is 0 Å². The van der Waals surface area contributed by atoms with Gasteiger partial charge in [0.1, 0.15) is 17.4 Å². The molecular weight excluding hydrogens is 446 g/mol. The van der Waals surface area contributed by atoms with Gasteiger partial charge in [-0.1, -0.05) is 30.3 Å². The number of piperidine rings is 1. The highest BCUT2D eigenvalue weighted by molar-refractivity contribution is 7.98. The first-order valence-electron chi connectivity index (χ1n) is 11.6. The molecule has 176 valence electrons. The molecule has 0 aliphatic carbocycles. The van der Waals surface area contributed by atoms with E-state index in [1.807, 2.05) is 48.5 Å². The number of rotatable bonds is 7. The maximum atomic E-state index is 6.19. The average molecular weight is 476 g/mol. The van der Waals surface area contributed by atoms with Crippen molar-refractivity contribution in [3.05, 3.63) is 60.2 Å². The van der Waals surface area contributed by atoms with Gasteiger partial charge in [0, 0.05) is 11.1 Å². The Morgan fingerprint density at radius 3 is 2.53 bits per heavy atom. The van der Waals surface area contributed by atoms with E-state index < -0.39 is 0 Å². The Kier molecular flexibility index (Phi) is 6.64. The summed E-state index contributed by atoms with van der Waals surface area (Å²) in [5.74, 6) is 3.47. The molecule has 2 aromatic carbocycles. The van der Waals surface area contributed by atoms with Crippen LogP contribution in [0.5, 0.6) is 5.75 Å². The molecule has 1 fully saturated rings. The SMILES string of the molecule is COc1ccc(-n2c(SCc3nc(N)c4ccccc4n3)nnc2[C@@H](C)N2CCCCC2)cc1. The summed E-state index contributed by atoms with van der Waals surface area (Å²) >= 11 is 1.57.